The molecule has 2 nitrogen and oxygen atoms in total. The fourth-order valence-electron chi connectivity index (χ4n) is 2.21. The number of aromatic nitrogens is 2. The van der Waals surface area contributed by atoms with E-state index in [9.17, 15) is 0 Å². The molecule has 3 rings (SSSR count). The van der Waals surface area contributed by atoms with Gasteiger partial charge in [0.1, 0.15) is 0 Å². The van der Waals surface area contributed by atoms with Crippen LogP contribution >= 0.6 is 23.2 Å². The van der Waals surface area contributed by atoms with Crippen LogP contribution < -0.4 is 0 Å². The average molecular weight is 291 g/mol. The molecule has 0 atom stereocenters. The SMILES string of the molecule is Clc1cc(Cl)c2ccn(CCc3cccnc3)c2c1. The first-order valence-corrected chi connectivity index (χ1v) is 6.82. The van der Waals surface area contributed by atoms with Crippen LogP contribution in [0.1, 0.15) is 5.56 Å². The number of rotatable bonds is 3. The summed E-state index contributed by atoms with van der Waals surface area (Å²) in [6.45, 7) is 0.881. The molecule has 0 aliphatic carbocycles. The first-order valence-electron chi connectivity index (χ1n) is 6.07. The Hall–Kier alpha value is -1.51. The van der Waals surface area contributed by atoms with E-state index in [1.165, 1.54) is 5.56 Å². The van der Waals surface area contributed by atoms with Gasteiger partial charge in [-0.2, -0.15) is 0 Å². The summed E-state index contributed by atoms with van der Waals surface area (Å²) in [7, 11) is 0. The number of fused-ring (bicyclic) bond motifs is 1. The zero-order chi connectivity index (χ0) is 13.2. The summed E-state index contributed by atoms with van der Waals surface area (Å²) in [5, 5.41) is 2.40. The second-order valence-electron chi connectivity index (χ2n) is 4.44. The Balaban J connectivity index is 1.89. The molecule has 0 bridgehead atoms. The number of hydrogen-bond donors (Lipinski definition) is 0. The fourth-order valence-corrected chi connectivity index (χ4v) is 2.75. The van der Waals surface area contributed by atoms with E-state index in [0.29, 0.717) is 10.0 Å². The van der Waals surface area contributed by atoms with E-state index < -0.39 is 0 Å². The Morgan fingerprint density at radius 3 is 2.84 bits per heavy atom. The van der Waals surface area contributed by atoms with Gasteiger partial charge in [-0.25, -0.2) is 0 Å². The van der Waals surface area contributed by atoms with Crippen LogP contribution in [0.15, 0.2) is 48.9 Å². The lowest BCUT2D eigenvalue weighted by molar-refractivity contribution is 0.721. The van der Waals surface area contributed by atoms with Crippen molar-refractivity contribution in [1.29, 1.82) is 0 Å². The maximum Gasteiger partial charge on any atom is 0.0514 e. The van der Waals surface area contributed by atoms with Crippen molar-refractivity contribution in [2.45, 2.75) is 13.0 Å². The lowest BCUT2D eigenvalue weighted by Gasteiger charge is -2.06. The Bertz CT molecular complexity index is 705. The maximum absolute atomic E-state index is 6.19. The molecule has 4 heteroatoms. The molecule has 0 saturated carbocycles. The van der Waals surface area contributed by atoms with Gasteiger partial charge in [0.2, 0.25) is 0 Å². The molecule has 0 aliphatic heterocycles. The van der Waals surface area contributed by atoms with Crippen LogP contribution in [0.4, 0.5) is 0 Å². The van der Waals surface area contributed by atoms with Crippen LogP contribution in [-0.4, -0.2) is 9.55 Å². The van der Waals surface area contributed by atoms with E-state index in [0.717, 1.165) is 23.9 Å². The third kappa shape index (κ3) is 2.60. The van der Waals surface area contributed by atoms with E-state index in [4.69, 9.17) is 23.2 Å². The van der Waals surface area contributed by atoms with Crippen LogP contribution in [0.2, 0.25) is 10.0 Å². The number of benzene rings is 1. The van der Waals surface area contributed by atoms with Crippen LogP contribution in [0, 0.1) is 0 Å². The van der Waals surface area contributed by atoms with Gasteiger partial charge in [-0.15, -0.1) is 0 Å². The second-order valence-corrected chi connectivity index (χ2v) is 5.28. The van der Waals surface area contributed by atoms with Crippen molar-refractivity contribution in [3.63, 3.8) is 0 Å². The van der Waals surface area contributed by atoms with Crippen LogP contribution in [-0.2, 0) is 13.0 Å². The Kier molecular flexibility index (Phi) is 3.45. The molecule has 0 saturated heterocycles. The van der Waals surface area contributed by atoms with E-state index >= 15 is 0 Å². The van der Waals surface area contributed by atoms with Crippen LogP contribution in [0.5, 0.6) is 0 Å². The summed E-state index contributed by atoms with van der Waals surface area (Å²) in [5.74, 6) is 0. The minimum Gasteiger partial charge on any atom is -0.347 e. The van der Waals surface area contributed by atoms with Crippen molar-refractivity contribution in [2.24, 2.45) is 0 Å². The van der Waals surface area contributed by atoms with E-state index in [1.54, 1.807) is 12.3 Å². The van der Waals surface area contributed by atoms with Gasteiger partial charge in [-0.3, -0.25) is 4.98 Å². The summed E-state index contributed by atoms with van der Waals surface area (Å²) in [4.78, 5) is 4.12. The van der Waals surface area contributed by atoms with Gasteiger partial charge >= 0.3 is 0 Å². The Morgan fingerprint density at radius 2 is 2.05 bits per heavy atom. The summed E-state index contributed by atoms with van der Waals surface area (Å²) in [6.07, 6.45) is 6.66. The molecule has 0 spiro atoms. The van der Waals surface area contributed by atoms with Gasteiger partial charge in [-0.05, 0) is 36.2 Å². The summed E-state index contributed by atoms with van der Waals surface area (Å²) in [5.41, 5.74) is 2.29. The third-order valence-electron chi connectivity index (χ3n) is 3.17. The Labute approximate surface area is 121 Å². The molecular weight excluding hydrogens is 279 g/mol. The van der Waals surface area contributed by atoms with Gasteiger partial charge in [0.05, 0.1) is 10.5 Å². The zero-order valence-corrected chi connectivity index (χ0v) is 11.7. The van der Waals surface area contributed by atoms with Crippen molar-refractivity contribution in [3.8, 4) is 0 Å². The highest BCUT2D eigenvalue weighted by molar-refractivity contribution is 6.38. The molecule has 2 heterocycles. The average Bonchev–Trinajstić information content (AvgIpc) is 2.81. The Morgan fingerprint density at radius 1 is 1.16 bits per heavy atom. The highest BCUT2D eigenvalue weighted by Gasteiger charge is 2.06. The van der Waals surface area contributed by atoms with Gasteiger partial charge in [0, 0.05) is 35.5 Å². The number of halogens is 2. The van der Waals surface area contributed by atoms with Gasteiger partial charge < -0.3 is 4.57 Å². The molecule has 0 amide bonds. The quantitative estimate of drug-likeness (QED) is 0.690. The molecule has 0 radical (unpaired) electrons. The normalized spacial score (nSPS) is 11.1. The molecule has 3 aromatic rings. The zero-order valence-electron chi connectivity index (χ0n) is 10.2. The van der Waals surface area contributed by atoms with Crippen molar-refractivity contribution in [3.05, 3.63) is 64.5 Å². The number of nitrogens with zero attached hydrogens (tertiary/aromatic N) is 2. The summed E-state index contributed by atoms with van der Waals surface area (Å²) in [6, 6.07) is 9.79. The predicted octanol–water partition coefficient (Wildman–Crippen LogP) is 4.59. The highest BCUT2D eigenvalue weighted by Crippen LogP contribution is 2.28. The van der Waals surface area contributed by atoms with Gasteiger partial charge in [0.15, 0.2) is 0 Å². The van der Waals surface area contributed by atoms with Crippen molar-refractivity contribution < 1.29 is 0 Å². The van der Waals surface area contributed by atoms with Gasteiger partial charge in [-0.1, -0.05) is 29.3 Å². The van der Waals surface area contributed by atoms with Crippen molar-refractivity contribution >= 4 is 34.1 Å². The lowest BCUT2D eigenvalue weighted by Crippen LogP contribution is -1.99. The van der Waals surface area contributed by atoms with Gasteiger partial charge in [0.25, 0.3) is 0 Å². The number of hydrogen-bond acceptors (Lipinski definition) is 1. The number of aryl methyl sites for hydroxylation is 2. The highest BCUT2D eigenvalue weighted by atomic mass is 35.5. The molecule has 19 heavy (non-hydrogen) atoms. The largest absolute Gasteiger partial charge is 0.347 e. The van der Waals surface area contributed by atoms with E-state index in [2.05, 4.69) is 15.6 Å². The third-order valence-corrected chi connectivity index (χ3v) is 3.70. The molecule has 1 aromatic carbocycles. The second kappa shape index (κ2) is 5.24. The summed E-state index contributed by atoms with van der Waals surface area (Å²) >= 11 is 12.2. The molecule has 0 unspecified atom stereocenters. The minimum atomic E-state index is 0.666. The molecule has 0 N–H and O–H groups in total. The van der Waals surface area contributed by atoms with Crippen LogP contribution in [0.25, 0.3) is 10.9 Å². The monoisotopic (exact) mass is 290 g/mol. The summed E-state index contributed by atoms with van der Waals surface area (Å²) < 4.78 is 2.17. The first kappa shape index (κ1) is 12.5. The first-order chi connectivity index (χ1) is 9.24. The molecule has 2 aromatic heterocycles. The molecule has 96 valence electrons. The lowest BCUT2D eigenvalue weighted by atomic mass is 10.2. The van der Waals surface area contributed by atoms with Crippen LogP contribution in [0.3, 0.4) is 0 Å². The van der Waals surface area contributed by atoms with Crippen molar-refractivity contribution in [1.82, 2.24) is 9.55 Å². The standard InChI is InChI=1S/C15H12Cl2N2/c16-12-8-14(17)13-4-7-19(15(13)9-12)6-3-11-2-1-5-18-10-11/h1-2,4-5,7-10H,3,6H2. The van der Waals surface area contributed by atoms with E-state index in [-0.39, 0.29) is 0 Å². The molecule has 0 fully saturated rings. The van der Waals surface area contributed by atoms with E-state index in [1.807, 2.05) is 30.6 Å². The smallest absolute Gasteiger partial charge is 0.0514 e. The predicted molar refractivity (Wildman–Crippen MR) is 79.9 cm³/mol. The number of pyridine rings is 1. The van der Waals surface area contributed by atoms with Crippen molar-refractivity contribution in [2.75, 3.05) is 0 Å². The topological polar surface area (TPSA) is 17.8 Å². The fraction of sp³-hybridized carbons (Fsp3) is 0.133. The maximum atomic E-state index is 6.19. The molecule has 0 aliphatic rings. The minimum absolute atomic E-state index is 0.666. The molecular formula is C15H12Cl2N2.